The third kappa shape index (κ3) is 2.49. The number of carboxylic acid groups (broad SMARTS) is 1. The molecule has 0 heterocycles. The van der Waals surface area contributed by atoms with Crippen LogP contribution in [0.15, 0.2) is 24.3 Å². The van der Waals surface area contributed by atoms with Crippen LogP contribution >= 0.6 is 12.4 Å². The van der Waals surface area contributed by atoms with Gasteiger partial charge in [0.15, 0.2) is 0 Å². The van der Waals surface area contributed by atoms with Crippen molar-refractivity contribution in [3.63, 3.8) is 0 Å². The molecule has 0 unspecified atom stereocenters. The van der Waals surface area contributed by atoms with Crippen molar-refractivity contribution < 1.29 is 9.90 Å². The van der Waals surface area contributed by atoms with Gasteiger partial charge in [0.2, 0.25) is 0 Å². The van der Waals surface area contributed by atoms with Crippen molar-refractivity contribution in [1.29, 1.82) is 0 Å². The van der Waals surface area contributed by atoms with E-state index in [1.165, 1.54) is 0 Å². The average molecular weight is 228 g/mol. The zero-order valence-corrected chi connectivity index (χ0v) is 9.04. The first-order chi connectivity index (χ1) is 6.70. The van der Waals surface area contributed by atoms with Gasteiger partial charge in [0.25, 0.3) is 0 Å². The molecular formula is C11H14ClNO2. The fourth-order valence-corrected chi connectivity index (χ4v) is 1.69. The van der Waals surface area contributed by atoms with Crippen molar-refractivity contribution in [3.05, 3.63) is 35.4 Å². The average Bonchev–Trinajstić information content (AvgIpc) is 3.00. The monoisotopic (exact) mass is 227 g/mol. The number of carboxylic acids is 1. The summed E-state index contributed by atoms with van der Waals surface area (Å²) in [6.45, 7) is 0. The number of aromatic carboxylic acids is 1. The molecule has 1 aliphatic carbocycles. The predicted octanol–water partition coefficient (Wildman–Crippen LogP) is 2.22. The van der Waals surface area contributed by atoms with Crippen molar-refractivity contribution in [2.75, 3.05) is 0 Å². The molecule has 1 atom stereocenters. The maximum atomic E-state index is 10.9. The molecule has 1 aliphatic rings. The van der Waals surface area contributed by atoms with Crippen LogP contribution in [0.25, 0.3) is 0 Å². The lowest BCUT2D eigenvalue weighted by atomic mass is 9.98. The highest BCUT2D eigenvalue weighted by molar-refractivity contribution is 5.89. The minimum absolute atomic E-state index is 0. The van der Waals surface area contributed by atoms with E-state index in [0.717, 1.165) is 18.4 Å². The molecule has 15 heavy (non-hydrogen) atoms. The number of benzene rings is 1. The van der Waals surface area contributed by atoms with E-state index in [1.54, 1.807) is 12.1 Å². The molecular weight excluding hydrogens is 214 g/mol. The largest absolute Gasteiger partial charge is 0.478 e. The van der Waals surface area contributed by atoms with Gasteiger partial charge < -0.3 is 10.8 Å². The first-order valence-electron chi connectivity index (χ1n) is 4.78. The second-order valence-electron chi connectivity index (χ2n) is 3.76. The van der Waals surface area contributed by atoms with E-state index in [1.807, 2.05) is 12.1 Å². The molecule has 0 saturated heterocycles. The Labute approximate surface area is 94.7 Å². The van der Waals surface area contributed by atoms with Crippen LogP contribution in [0.1, 0.15) is 34.8 Å². The second-order valence-corrected chi connectivity index (χ2v) is 3.76. The summed E-state index contributed by atoms with van der Waals surface area (Å²) in [5.41, 5.74) is 7.08. The maximum Gasteiger partial charge on any atom is 0.336 e. The van der Waals surface area contributed by atoms with Crippen LogP contribution in [0.3, 0.4) is 0 Å². The third-order valence-electron chi connectivity index (χ3n) is 2.68. The van der Waals surface area contributed by atoms with E-state index < -0.39 is 5.97 Å². The second kappa shape index (κ2) is 4.64. The van der Waals surface area contributed by atoms with Gasteiger partial charge in [0.05, 0.1) is 5.56 Å². The number of halogens is 1. The number of hydrogen-bond donors (Lipinski definition) is 2. The summed E-state index contributed by atoms with van der Waals surface area (Å²) in [5, 5.41) is 8.96. The summed E-state index contributed by atoms with van der Waals surface area (Å²) in [5.74, 6) is -0.410. The molecule has 0 aliphatic heterocycles. The standard InChI is InChI=1S/C11H13NO2.ClH/c12-10(7-5-6-7)8-3-1-2-4-9(8)11(13)14;/h1-4,7,10H,5-6,12H2,(H,13,14);1H/t10-;/m1./s1. The lowest BCUT2D eigenvalue weighted by molar-refractivity contribution is 0.0695. The van der Waals surface area contributed by atoms with E-state index in [-0.39, 0.29) is 18.4 Å². The Hall–Kier alpha value is -1.06. The third-order valence-corrected chi connectivity index (χ3v) is 2.68. The van der Waals surface area contributed by atoms with Crippen LogP contribution in [0.5, 0.6) is 0 Å². The highest BCUT2D eigenvalue weighted by Crippen LogP contribution is 2.40. The van der Waals surface area contributed by atoms with Crippen LogP contribution in [0.4, 0.5) is 0 Å². The summed E-state index contributed by atoms with van der Waals surface area (Å²) < 4.78 is 0. The minimum Gasteiger partial charge on any atom is -0.478 e. The first kappa shape index (κ1) is 12.0. The molecule has 3 N–H and O–H groups in total. The smallest absolute Gasteiger partial charge is 0.336 e. The topological polar surface area (TPSA) is 63.3 Å². The van der Waals surface area contributed by atoms with E-state index in [9.17, 15) is 4.79 Å². The Balaban J connectivity index is 0.00000112. The Morgan fingerprint density at radius 2 is 2.00 bits per heavy atom. The molecule has 0 amide bonds. The van der Waals surface area contributed by atoms with Gasteiger partial charge in [0, 0.05) is 6.04 Å². The molecule has 1 saturated carbocycles. The van der Waals surface area contributed by atoms with Crippen molar-refractivity contribution >= 4 is 18.4 Å². The highest BCUT2D eigenvalue weighted by Gasteiger charge is 2.31. The lowest BCUT2D eigenvalue weighted by Crippen LogP contribution is -2.16. The number of nitrogens with two attached hydrogens (primary N) is 1. The van der Waals surface area contributed by atoms with Crippen LogP contribution in [-0.2, 0) is 0 Å². The highest BCUT2D eigenvalue weighted by atomic mass is 35.5. The maximum absolute atomic E-state index is 10.9. The minimum atomic E-state index is -0.892. The summed E-state index contributed by atoms with van der Waals surface area (Å²) in [7, 11) is 0. The van der Waals surface area contributed by atoms with Gasteiger partial charge in [-0.2, -0.15) is 0 Å². The Morgan fingerprint density at radius 1 is 1.40 bits per heavy atom. The van der Waals surface area contributed by atoms with Crippen LogP contribution in [0.2, 0.25) is 0 Å². The molecule has 1 aromatic carbocycles. The molecule has 4 heteroatoms. The fraction of sp³-hybridized carbons (Fsp3) is 0.364. The molecule has 3 nitrogen and oxygen atoms in total. The van der Waals surface area contributed by atoms with Crippen molar-refractivity contribution in [1.82, 2.24) is 0 Å². The summed E-state index contributed by atoms with van der Waals surface area (Å²) in [6.07, 6.45) is 2.24. The van der Waals surface area contributed by atoms with Gasteiger partial charge in [0.1, 0.15) is 0 Å². The Morgan fingerprint density at radius 3 is 2.53 bits per heavy atom. The van der Waals surface area contributed by atoms with E-state index >= 15 is 0 Å². The van der Waals surface area contributed by atoms with Gasteiger partial charge in [-0.3, -0.25) is 0 Å². The summed E-state index contributed by atoms with van der Waals surface area (Å²) >= 11 is 0. The molecule has 1 aromatic rings. The fourth-order valence-electron chi connectivity index (χ4n) is 1.69. The van der Waals surface area contributed by atoms with Crippen LogP contribution in [0, 0.1) is 5.92 Å². The molecule has 2 rings (SSSR count). The van der Waals surface area contributed by atoms with E-state index in [0.29, 0.717) is 11.5 Å². The van der Waals surface area contributed by atoms with Crippen LogP contribution in [-0.4, -0.2) is 11.1 Å². The first-order valence-corrected chi connectivity index (χ1v) is 4.78. The van der Waals surface area contributed by atoms with Crippen molar-refractivity contribution in [2.45, 2.75) is 18.9 Å². The van der Waals surface area contributed by atoms with Crippen molar-refractivity contribution in [2.24, 2.45) is 11.7 Å². The zero-order chi connectivity index (χ0) is 10.1. The molecule has 0 bridgehead atoms. The quantitative estimate of drug-likeness (QED) is 0.832. The lowest BCUT2D eigenvalue weighted by Gasteiger charge is -2.13. The summed E-state index contributed by atoms with van der Waals surface area (Å²) in [4.78, 5) is 10.9. The van der Waals surface area contributed by atoms with Gasteiger partial charge in [-0.05, 0) is 30.4 Å². The normalized spacial score (nSPS) is 16.6. The molecule has 0 aromatic heterocycles. The Bertz CT molecular complexity index is 363. The number of carbonyl (C=O) groups is 1. The van der Waals surface area contributed by atoms with E-state index in [4.69, 9.17) is 10.8 Å². The molecule has 1 fully saturated rings. The molecule has 0 radical (unpaired) electrons. The van der Waals surface area contributed by atoms with Crippen LogP contribution < -0.4 is 5.73 Å². The zero-order valence-electron chi connectivity index (χ0n) is 8.22. The SMILES string of the molecule is Cl.N[C@@H](c1ccccc1C(=O)O)C1CC1. The van der Waals surface area contributed by atoms with Crippen molar-refractivity contribution in [3.8, 4) is 0 Å². The summed E-state index contributed by atoms with van der Waals surface area (Å²) in [6, 6.07) is 6.88. The van der Waals surface area contributed by atoms with Gasteiger partial charge in [-0.15, -0.1) is 12.4 Å². The Kier molecular flexibility index (Phi) is 3.72. The van der Waals surface area contributed by atoms with E-state index in [2.05, 4.69) is 0 Å². The number of rotatable bonds is 3. The number of hydrogen-bond acceptors (Lipinski definition) is 2. The van der Waals surface area contributed by atoms with Gasteiger partial charge >= 0.3 is 5.97 Å². The predicted molar refractivity (Wildman–Crippen MR) is 60.3 cm³/mol. The van der Waals surface area contributed by atoms with Gasteiger partial charge in [-0.1, -0.05) is 18.2 Å². The molecule has 0 spiro atoms. The molecule has 82 valence electrons. The van der Waals surface area contributed by atoms with Gasteiger partial charge in [-0.25, -0.2) is 4.79 Å².